The first kappa shape index (κ1) is 12.8. The van der Waals surface area contributed by atoms with Crippen LogP contribution in [-0.2, 0) is 6.61 Å². The fourth-order valence-electron chi connectivity index (χ4n) is 3.10. The van der Waals surface area contributed by atoms with Crippen LogP contribution in [0.4, 0.5) is 5.95 Å². The Balaban J connectivity index is 1.61. The van der Waals surface area contributed by atoms with Crippen LogP contribution in [0.3, 0.4) is 0 Å². The first-order chi connectivity index (χ1) is 9.36. The minimum atomic E-state index is 0.0106. The summed E-state index contributed by atoms with van der Waals surface area (Å²) in [5, 5.41) is 9.01. The van der Waals surface area contributed by atoms with Gasteiger partial charge in [0.2, 0.25) is 5.95 Å². The smallest absolute Gasteiger partial charge is 0.225 e. The number of hydrogen-bond donors (Lipinski definition) is 1. The maximum absolute atomic E-state index is 9.01. The van der Waals surface area contributed by atoms with Crippen molar-refractivity contribution in [1.29, 1.82) is 0 Å². The summed E-state index contributed by atoms with van der Waals surface area (Å²) in [6.45, 7) is 4.60. The quantitative estimate of drug-likeness (QED) is 0.882. The van der Waals surface area contributed by atoms with E-state index < -0.39 is 0 Å². The third-order valence-corrected chi connectivity index (χ3v) is 4.23. The van der Waals surface area contributed by atoms with Gasteiger partial charge in [0.1, 0.15) is 0 Å². The van der Waals surface area contributed by atoms with Crippen LogP contribution in [-0.4, -0.2) is 52.2 Å². The Kier molecular flexibility index (Phi) is 3.94. The summed E-state index contributed by atoms with van der Waals surface area (Å²) in [6.07, 6.45) is 8.73. The fraction of sp³-hybridized carbons (Fsp3) is 0.714. The molecular formula is C14H22N4O. The monoisotopic (exact) mass is 262 g/mol. The Morgan fingerprint density at radius 3 is 2.53 bits per heavy atom. The van der Waals surface area contributed by atoms with Crippen LogP contribution in [0.5, 0.6) is 0 Å². The molecule has 19 heavy (non-hydrogen) atoms. The minimum Gasteiger partial charge on any atom is -0.392 e. The number of anilines is 1. The largest absolute Gasteiger partial charge is 0.392 e. The van der Waals surface area contributed by atoms with Crippen molar-refractivity contribution >= 4 is 5.95 Å². The van der Waals surface area contributed by atoms with Crippen molar-refractivity contribution in [1.82, 2.24) is 14.9 Å². The zero-order chi connectivity index (χ0) is 13.1. The SMILES string of the molecule is OCc1cnc(N2CCC(N3CCCCC3)C2)nc1. The molecule has 3 heterocycles. The van der Waals surface area contributed by atoms with E-state index in [0.717, 1.165) is 24.6 Å². The molecule has 1 aromatic rings. The van der Waals surface area contributed by atoms with E-state index in [2.05, 4.69) is 19.8 Å². The molecule has 2 aliphatic heterocycles. The predicted molar refractivity (Wildman–Crippen MR) is 74.0 cm³/mol. The molecule has 5 heteroatoms. The van der Waals surface area contributed by atoms with Gasteiger partial charge in [0.05, 0.1) is 6.61 Å². The molecule has 0 aliphatic carbocycles. The van der Waals surface area contributed by atoms with Gasteiger partial charge < -0.3 is 10.0 Å². The molecule has 0 amide bonds. The van der Waals surface area contributed by atoms with Crippen LogP contribution < -0.4 is 4.90 Å². The van der Waals surface area contributed by atoms with Gasteiger partial charge in [-0.2, -0.15) is 0 Å². The zero-order valence-corrected chi connectivity index (χ0v) is 11.3. The van der Waals surface area contributed by atoms with Crippen molar-refractivity contribution in [2.75, 3.05) is 31.1 Å². The normalized spacial score (nSPS) is 24.9. The lowest BCUT2D eigenvalue weighted by atomic mass is 10.1. The molecule has 0 radical (unpaired) electrons. The van der Waals surface area contributed by atoms with E-state index in [1.165, 1.54) is 38.8 Å². The van der Waals surface area contributed by atoms with Crippen LogP contribution in [0, 0.1) is 0 Å². The lowest BCUT2D eigenvalue weighted by Crippen LogP contribution is -2.41. The highest BCUT2D eigenvalue weighted by Gasteiger charge is 2.29. The van der Waals surface area contributed by atoms with E-state index in [4.69, 9.17) is 5.11 Å². The average molecular weight is 262 g/mol. The van der Waals surface area contributed by atoms with E-state index in [0.29, 0.717) is 6.04 Å². The highest BCUT2D eigenvalue weighted by molar-refractivity contribution is 5.32. The van der Waals surface area contributed by atoms with E-state index in [1.807, 2.05) is 0 Å². The number of aromatic nitrogens is 2. The number of rotatable bonds is 3. The van der Waals surface area contributed by atoms with Crippen LogP contribution in [0.2, 0.25) is 0 Å². The summed E-state index contributed by atoms with van der Waals surface area (Å²) in [7, 11) is 0. The van der Waals surface area contributed by atoms with Gasteiger partial charge in [-0.25, -0.2) is 9.97 Å². The van der Waals surface area contributed by atoms with Crippen molar-refractivity contribution in [2.24, 2.45) is 0 Å². The molecule has 2 saturated heterocycles. The van der Waals surface area contributed by atoms with E-state index >= 15 is 0 Å². The molecule has 3 rings (SSSR count). The molecule has 1 atom stereocenters. The summed E-state index contributed by atoms with van der Waals surface area (Å²) < 4.78 is 0. The highest BCUT2D eigenvalue weighted by atomic mass is 16.3. The van der Waals surface area contributed by atoms with Crippen molar-refractivity contribution in [3.05, 3.63) is 18.0 Å². The summed E-state index contributed by atoms with van der Waals surface area (Å²) in [5.74, 6) is 0.803. The fourth-order valence-corrected chi connectivity index (χ4v) is 3.10. The Labute approximate surface area is 114 Å². The number of aliphatic hydroxyl groups is 1. The van der Waals surface area contributed by atoms with Crippen molar-refractivity contribution in [2.45, 2.75) is 38.3 Å². The topological polar surface area (TPSA) is 52.5 Å². The lowest BCUT2D eigenvalue weighted by molar-refractivity contribution is 0.174. The summed E-state index contributed by atoms with van der Waals surface area (Å²) in [4.78, 5) is 13.6. The second-order valence-electron chi connectivity index (χ2n) is 5.53. The van der Waals surface area contributed by atoms with Gasteiger partial charge in [0, 0.05) is 37.1 Å². The highest BCUT2D eigenvalue weighted by Crippen LogP contribution is 2.22. The Morgan fingerprint density at radius 1 is 1.11 bits per heavy atom. The lowest BCUT2D eigenvalue weighted by Gasteiger charge is -2.32. The number of hydrogen-bond acceptors (Lipinski definition) is 5. The molecule has 1 aromatic heterocycles. The molecular weight excluding hydrogens is 240 g/mol. The van der Waals surface area contributed by atoms with Gasteiger partial charge in [-0.15, -0.1) is 0 Å². The third-order valence-electron chi connectivity index (χ3n) is 4.23. The van der Waals surface area contributed by atoms with Gasteiger partial charge in [0.25, 0.3) is 0 Å². The molecule has 1 N–H and O–H groups in total. The van der Waals surface area contributed by atoms with E-state index in [1.54, 1.807) is 12.4 Å². The average Bonchev–Trinajstić information content (AvgIpc) is 2.98. The molecule has 1 unspecified atom stereocenters. The van der Waals surface area contributed by atoms with Crippen LogP contribution in [0.15, 0.2) is 12.4 Å². The van der Waals surface area contributed by atoms with Crippen molar-refractivity contribution in [3.8, 4) is 0 Å². The second kappa shape index (κ2) is 5.84. The molecule has 2 aliphatic rings. The third kappa shape index (κ3) is 2.87. The molecule has 0 saturated carbocycles. The molecule has 0 spiro atoms. The van der Waals surface area contributed by atoms with Crippen LogP contribution in [0.25, 0.3) is 0 Å². The Morgan fingerprint density at radius 2 is 1.84 bits per heavy atom. The van der Waals surface area contributed by atoms with Crippen molar-refractivity contribution < 1.29 is 5.11 Å². The predicted octanol–water partition coefficient (Wildman–Crippen LogP) is 1.03. The maximum Gasteiger partial charge on any atom is 0.225 e. The molecule has 2 fully saturated rings. The van der Waals surface area contributed by atoms with Crippen molar-refractivity contribution in [3.63, 3.8) is 0 Å². The van der Waals surface area contributed by atoms with Gasteiger partial charge in [-0.3, -0.25) is 4.90 Å². The second-order valence-corrected chi connectivity index (χ2v) is 5.53. The summed E-state index contributed by atoms with van der Waals surface area (Å²) in [5.41, 5.74) is 0.774. The molecule has 5 nitrogen and oxygen atoms in total. The van der Waals surface area contributed by atoms with Crippen LogP contribution in [0.1, 0.15) is 31.2 Å². The van der Waals surface area contributed by atoms with Gasteiger partial charge in [-0.05, 0) is 32.4 Å². The number of aliphatic hydroxyl groups excluding tert-OH is 1. The number of nitrogens with zero attached hydrogens (tertiary/aromatic N) is 4. The number of piperidine rings is 1. The first-order valence-electron chi connectivity index (χ1n) is 7.27. The zero-order valence-electron chi connectivity index (χ0n) is 11.3. The van der Waals surface area contributed by atoms with Crippen LogP contribution >= 0.6 is 0 Å². The summed E-state index contributed by atoms with van der Waals surface area (Å²) >= 11 is 0. The van der Waals surface area contributed by atoms with Gasteiger partial charge in [0.15, 0.2) is 0 Å². The molecule has 0 bridgehead atoms. The standard InChI is InChI=1S/C14H22N4O/c19-11-12-8-15-14(16-9-12)18-7-4-13(10-18)17-5-2-1-3-6-17/h8-9,13,19H,1-7,10-11H2. The molecule has 0 aromatic carbocycles. The first-order valence-corrected chi connectivity index (χ1v) is 7.27. The van der Waals surface area contributed by atoms with Gasteiger partial charge in [-0.1, -0.05) is 6.42 Å². The number of likely N-dealkylation sites (tertiary alicyclic amines) is 1. The Hall–Kier alpha value is -1.20. The summed E-state index contributed by atoms with van der Waals surface area (Å²) in [6, 6.07) is 0.668. The molecule has 104 valence electrons. The van der Waals surface area contributed by atoms with Gasteiger partial charge >= 0.3 is 0 Å². The Bertz CT molecular complexity index is 402. The minimum absolute atomic E-state index is 0.0106. The van der Waals surface area contributed by atoms with E-state index in [9.17, 15) is 0 Å². The van der Waals surface area contributed by atoms with E-state index in [-0.39, 0.29) is 6.61 Å². The maximum atomic E-state index is 9.01.